The molecule has 3 nitrogen and oxygen atoms in total. The Bertz CT molecular complexity index is 454. The lowest BCUT2D eigenvalue weighted by Crippen LogP contribution is -2.57. The summed E-state index contributed by atoms with van der Waals surface area (Å²) >= 11 is 0. The Labute approximate surface area is 125 Å². The zero-order valence-corrected chi connectivity index (χ0v) is 12.8. The number of benzene rings is 1. The van der Waals surface area contributed by atoms with Crippen LogP contribution in [0.5, 0.6) is 0 Å². The molecule has 118 valence electrons. The predicted molar refractivity (Wildman–Crippen MR) is 80.5 cm³/mol. The monoisotopic (exact) mass is 297 g/mol. The largest absolute Gasteiger partial charge is 0.296 e. The second kappa shape index (κ2) is 6.81. The molecule has 0 aliphatic carbocycles. The lowest BCUT2D eigenvalue weighted by molar-refractivity contribution is 0.0422. The van der Waals surface area contributed by atoms with Crippen molar-refractivity contribution in [1.82, 2.24) is 10.3 Å². The van der Waals surface area contributed by atoms with Gasteiger partial charge < -0.3 is 0 Å². The summed E-state index contributed by atoms with van der Waals surface area (Å²) < 4.78 is 27.1. The van der Waals surface area contributed by atoms with Gasteiger partial charge in [-0.25, -0.2) is 8.78 Å². The minimum absolute atomic E-state index is 0.268. The van der Waals surface area contributed by atoms with E-state index < -0.39 is 11.6 Å². The number of halogens is 2. The second-order valence-corrected chi connectivity index (χ2v) is 6.06. The van der Waals surface area contributed by atoms with Crippen LogP contribution in [0.15, 0.2) is 18.2 Å². The Morgan fingerprint density at radius 3 is 2.24 bits per heavy atom. The molecule has 1 heterocycles. The van der Waals surface area contributed by atoms with Gasteiger partial charge in [-0.15, -0.1) is 0 Å². The molecular weight excluding hydrogens is 272 g/mol. The average Bonchev–Trinajstić information content (AvgIpc) is 2.47. The zero-order chi connectivity index (χ0) is 15.5. The molecule has 5 heteroatoms. The quantitative estimate of drug-likeness (QED) is 0.648. The molecule has 21 heavy (non-hydrogen) atoms. The van der Waals surface area contributed by atoms with Crippen molar-refractivity contribution in [2.45, 2.75) is 51.1 Å². The van der Waals surface area contributed by atoms with Gasteiger partial charge in [0.25, 0.3) is 0 Å². The fraction of sp³-hybridized carbons (Fsp3) is 0.625. The molecule has 1 saturated heterocycles. The van der Waals surface area contributed by atoms with Crippen LogP contribution in [-0.4, -0.2) is 23.5 Å². The minimum Gasteiger partial charge on any atom is -0.296 e. The van der Waals surface area contributed by atoms with E-state index in [4.69, 9.17) is 5.84 Å². The standard InChI is InChI=1S/C16H25F2N3/c1-3-16(2,21-7-5-4-6-8-21)15(20-19)12-9-13(17)11-14(18)10-12/h9-11,15,20H,3-8,19H2,1-2H3. The average molecular weight is 297 g/mol. The first-order chi connectivity index (χ1) is 10.0. The van der Waals surface area contributed by atoms with Crippen molar-refractivity contribution >= 4 is 0 Å². The molecule has 0 bridgehead atoms. The van der Waals surface area contributed by atoms with E-state index in [9.17, 15) is 8.78 Å². The highest BCUT2D eigenvalue weighted by Gasteiger charge is 2.39. The third-order valence-corrected chi connectivity index (χ3v) is 4.80. The number of nitrogens with zero attached hydrogens (tertiary/aromatic N) is 1. The summed E-state index contributed by atoms with van der Waals surface area (Å²) in [5.74, 6) is 4.62. The number of hydrogen-bond acceptors (Lipinski definition) is 3. The lowest BCUT2D eigenvalue weighted by Gasteiger charge is -2.48. The van der Waals surface area contributed by atoms with Gasteiger partial charge in [-0.05, 0) is 57.0 Å². The molecule has 2 rings (SSSR count). The zero-order valence-electron chi connectivity index (χ0n) is 12.8. The van der Waals surface area contributed by atoms with E-state index >= 15 is 0 Å². The Kier molecular flexibility index (Phi) is 5.30. The van der Waals surface area contributed by atoms with Crippen LogP contribution in [-0.2, 0) is 0 Å². The Morgan fingerprint density at radius 2 is 1.76 bits per heavy atom. The molecule has 0 radical (unpaired) electrons. The van der Waals surface area contributed by atoms with Crippen LogP contribution in [0.25, 0.3) is 0 Å². The fourth-order valence-corrected chi connectivity index (χ4v) is 3.39. The first kappa shape index (κ1) is 16.3. The van der Waals surface area contributed by atoms with Crippen LogP contribution in [0.4, 0.5) is 8.78 Å². The fourth-order valence-electron chi connectivity index (χ4n) is 3.39. The third kappa shape index (κ3) is 3.42. The van der Waals surface area contributed by atoms with Crippen molar-refractivity contribution in [2.75, 3.05) is 13.1 Å². The predicted octanol–water partition coefficient (Wildman–Crippen LogP) is 3.12. The van der Waals surface area contributed by atoms with Gasteiger partial charge >= 0.3 is 0 Å². The summed E-state index contributed by atoms with van der Waals surface area (Å²) in [6.45, 7) is 6.21. The van der Waals surface area contributed by atoms with Gasteiger partial charge in [0.2, 0.25) is 0 Å². The summed E-state index contributed by atoms with van der Waals surface area (Å²) in [5.41, 5.74) is 3.08. The summed E-state index contributed by atoms with van der Waals surface area (Å²) in [7, 11) is 0. The highest BCUT2D eigenvalue weighted by atomic mass is 19.1. The molecule has 1 fully saturated rings. The minimum atomic E-state index is -0.567. The van der Waals surface area contributed by atoms with E-state index in [0.29, 0.717) is 5.56 Å². The van der Waals surface area contributed by atoms with Gasteiger partial charge in [0.05, 0.1) is 6.04 Å². The van der Waals surface area contributed by atoms with E-state index in [1.165, 1.54) is 18.6 Å². The Hall–Kier alpha value is -1.04. The topological polar surface area (TPSA) is 41.3 Å². The first-order valence-electron chi connectivity index (χ1n) is 7.68. The summed E-state index contributed by atoms with van der Waals surface area (Å²) in [6.07, 6.45) is 4.40. The number of nitrogens with two attached hydrogens (primary N) is 1. The second-order valence-electron chi connectivity index (χ2n) is 6.06. The van der Waals surface area contributed by atoms with Crippen LogP contribution in [0, 0.1) is 11.6 Å². The third-order valence-electron chi connectivity index (χ3n) is 4.80. The number of likely N-dealkylation sites (tertiary alicyclic amines) is 1. The van der Waals surface area contributed by atoms with Crippen molar-refractivity contribution in [3.05, 3.63) is 35.4 Å². The number of nitrogens with one attached hydrogen (secondary N) is 1. The molecule has 3 N–H and O–H groups in total. The van der Waals surface area contributed by atoms with E-state index in [1.807, 2.05) is 0 Å². The van der Waals surface area contributed by atoms with Gasteiger partial charge in [-0.3, -0.25) is 16.2 Å². The molecule has 2 unspecified atom stereocenters. The maximum atomic E-state index is 13.5. The summed E-state index contributed by atoms with van der Waals surface area (Å²) in [4.78, 5) is 2.39. The van der Waals surface area contributed by atoms with Crippen molar-refractivity contribution < 1.29 is 8.78 Å². The summed E-state index contributed by atoms with van der Waals surface area (Å²) in [5, 5.41) is 0. The molecule has 1 aromatic carbocycles. The maximum absolute atomic E-state index is 13.5. The van der Waals surface area contributed by atoms with E-state index in [-0.39, 0.29) is 11.6 Å². The van der Waals surface area contributed by atoms with Crippen LogP contribution in [0.2, 0.25) is 0 Å². The molecule has 2 atom stereocenters. The lowest BCUT2D eigenvalue weighted by atomic mass is 9.82. The van der Waals surface area contributed by atoms with Crippen LogP contribution < -0.4 is 11.3 Å². The normalized spacial score (nSPS) is 21.0. The van der Waals surface area contributed by atoms with Crippen LogP contribution >= 0.6 is 0 Å². The van der Waals surface area contributed by atoms with Crippen LogP contribution in [0.3, 0.4) is 0 Å². The molecular formula is C16H25F2N3. The van der Waals surface area contributed by atoms with Crippen molar-refractivity contribution in [3.8, 4) is 0 Å². The molecule has 0 aromatic heterocycles. The maximum Gasteiger partial charge on any atom is 0.126 e. The number of hydrogen-bond donors (Lipinski definition) is 2. The molecule has 0 spiro atoms. The first-order valence-corrected chi connectivity index (χ1v) is 7.68. The van der Waals surface area contributed by atoms with E-state index in [2.05, 4.69) is 24.2 Å². The van der Waals surface area contributed by atoms with Crippen LogP contribution in [0.1, 0.15) is 51.1 Å². The summed E-state index contributed by atoms with van der Waals surface area (Å²) in [6, 6.07) is 3.31. The molecule has 1 aliphatic heterocycles. The number of hydrazine groups is 1. The Balaban J connectivity index is 2.35. The SMILES string of the molecule is CCC(C)(C(NN)c1cc(F)cc(F)c1)N1CCCCC1. The molecule has 1 aromatic rings. The van der Waals surface area contributed by atoms with Crippen molar-refractivity contribution in [2.24, 2.45) is 5.84 Å². The number of piperidine rings is 1. The van der Waals surface area contributed by atoms with Crippen molar-refractivity contribution in [3.63, 3.8) is 0 Å². The number of rotatable bonds is 5. The molecule has 0 amide bonds. The van der Waals surface area contributed by atoms with Gasteiger partial charge in [0.1, 0.15) is 11.6 Å². The smallest absolute Gasteiger partial charge is 0.126 e. The highest BCUT2D eigenvalue weighted by Crippen LogP contribution is 2.36. The van der Waals surface area contributed by atoms with E-state index in [1.54, 1.807) is 0 Å². The molecule has 0 saturated carbocycles. The van der Waals surface area contributed by atoms with Gasteiger partial charge in [0.15, 0.2) is 0 Å². The van der Waals surface area contributed by atoms with Gasteiger partial charge in [-0.1, -0.05) is 13.3 Å². The molecule has 1 aliphatic rings. The highest BCUT2D eigenvalue weighted by molar-refractivity contribution is 5.25. The van der Waals surface area contributed by atoms with Gasteiger partial charge in [0, 0.05) is 11.6 Å². The Morgan fingerprint density at radius 1 is 1.19 bits per heavy atom. The van der Waals surface area contributed by atoms with Crippen molar-refractivity contribution in [1.29, 1.82) is 0 Å². The van der Waals surface area contributed by atoms with E-state index in [0.717, 1.165) is 38.4 Å². The van der Waals surface area contributed by atoms with Gasteiger partial charge in [-0.2, -0.15) is 0 Å².